The maximum Gasteiger partial charge on any atom is 0.0254 e. The van der Waals surface area contributed by atoms with Crippen molar-refractivity contribution in [3.63, 3.8) is 0 Å². The quantitative estimate of drug-likeness (QED) is 0.808. The molecule has 0 spiro atoms. The van der Waals surface area contributed by atoms with E-state index < -0.39 is 0 Å². The van der Waals surface area contributed by atoms with Gasteiger partial charge in [0.05, 0.1) is 0 Å². The maximum atomic E-state index is 3.73. The first kappa shape index (κ1) is 14.3. The number of hydrogen-bond acceptors (Lipinski definition) is 2. The first-order valence-corrected chi connectivity index (χ1v) is 7.90. The molecule has 0 radical (unpaired) electrons. The zero-order valence-electron chi connectivity index (χ0n) is 13.0. The van der Waals surface area contributed by atoms with Crippen LogP contribution in [0.15, 0.2) is 0 Å². The molecule has 0 heterocycles. The van der Waals surface area contributed by atoms with E-state index in [-0.39, 0.29) is 0 Å². The van der Waals surface area contributed by atoms with Crippen LogP contribution in [0.1, 0.15) is 59.8 Å². The molecule has 2 saturated carbocycles. The van der Waals surface area contributed by atoms with Crippen molar-refractivity contribution in [3.05, 3.63) is 0 Å². The molecule has 2 fully saturated rings. The van der Waals surface area contributed by atoms with E-state index in [1.54, 1.807) is 0 Å². The van der Waals surface area contributed by atoms with E-state index in [2.05, 4.69) is 45.0 Å². The van der Waals surface area contributed by atoms with Crippen LogP contribution in [0.25, 0.3) is 0 Å². The Morgan fingerprint density at radius 3 is 2.50 bits per heavy atom. The highest BCUT2D eigenvalue weighted by atomic mass is 15.2. The zero-order valence-corrected chi connectivity index (χ0v) is 13.0. The van der Waals surface area contributed by atoms with E-state index in [0.717, 1.165) is 24.5 Å². The Morgan fingerprint density at radius 1 is 1.28 bits per heavy atom. The van der Waals surface area contributed by atoms with Crippen LogP contribution in [-0.4, -0.2) is 36.6 Å². The molecule has 2 nitrogen and oxygen atoms in total. The van der Waals surface area contributed by atoms with Gasteiger partial charge >= 0.3 is 0 Å². The van der Waals surface area contributed by atoms with Crippen LogP contribution in [-0.2, 0) is 0 Å². The zero-order chi connectivity index (χ0) is 13.3. The third-order valence-electron chi connectivity index (χ3n) is 5.29. The van der Waals surface area contributed by atoms with Crippen molar-refractivity contribution in [3.8, 4) is 0 Å². The molecule has 0 amide bonds. The van der Waals surface area contributed by atoms with Gasteiger partial charge in [-0.1, -0.05) is 20.8 Å². The Balaban J connectivity index is 2.03. The lowest BCUT2D eigenvalue weighted by molar-refractivity contribution is 0.0539. The maximum absolute atomic E-state index is 3.73. The van der Waals surface area contributed by atoms with Crippen LogP contribution < -0.4 is 5.32 Å². The Morgan fingerprint density at radius 2 is 1.94 bits per heavy atom. The minimum atomic E-state index is 0.522. The second-order valence-corrected chi connectivity index (χ2v) is 7.38. The van der Waals surface area contributed by atoms with Crippen molar-refractivity contribution in [2.45, 2.75) is 77.9 Å². The summed E-state index contributed by atoms with van der Waals surface area (Å²) in [6, 6.07) is 2.20. The first-order valence-electron chi connectivity index (χ1n) is 7.90. The van der Waals surface area contributed by atoms with Gasteiger partial charge in [-0.25, -0.2) is 0 Å². The van der Waals surface area contributed by atoms with Gasteiger partial charge in [0.1, 0.15) is 0 Å². The summed E-state index contributed by atoms with van der Waals surface area (Å²) in [5.74, 6) is 0.974. The monoisotopic (exact) mass is 252 g/mol. The molecule has 0 bridgehead atoms. The van der Waals surface area contributed by atoms with Crippen LogP contribution in [0.5, 0.6) is 0 Å². The number of hydrogen-bond donors (Lipinski definition) is 1. The Kier molecular flexibility index (Phi) is 4.38. The highest BCUT2D eigenvalue weighted by Gasteiger charge is 2.40. The lowest BCUT2D eigenvalue weighted by atomic mass is 9.72. The van der Waals surface area contributed by atoms with Gasteiger partial charge in [0, 0.05) is 18.1 Å². The number of likely N-dealkylation sites (N-methyl/N-ethyl adjacent to an activating group) is 2. The molecule has 18 heavy (non-hydrogen) atoms. The van der Waals surface area contributed by atoms with E-state index in [9.17, 15) is 0 Å². The van der Waals surface area contributed by atoms with Crippen molar-refractivity contribution < 1.29 is 0 Å². The van der Waals surface area contributed by atoms with E-state index >= 15 is 0 Å². The van der Waals surface area contributed by atoms with Crippen LogP contribution >= 0.6 is 0 Å². The molecule has 0 aromatic rings. The van der Waals surface area contributed by atoms with Gasteiger partial charge in [-0.3, -0.25) is 4.90 Å². The molecule has 2 aliphatic rings. The van der Waals surface area contributed by atoms with Crippen molar-refractivity contribution >= 4 is 0 Å². The fourth-order valence-electron chi connectivity index (χ4n) is 3.69. The second-order valence-electron chi connectivity index (χ2n) is 7.38. The molecular formula is C16H32N2. The molecule has 0 aliphatic heterocycles. The van der Waals surface area contributed by atoms with Gasteiger partial charge in [-0.15, -0.1) is 0 Å². The predicted octanol–water partition coefficient (Wildman–Crippen LogP) is 3.27. The number of nitrogens with one attached hydrogen (secondary N) is 1. The summed E-state index contributed by atoms with van der Waals surface area (Å²) < 4.78 is 0. The lowest BCUT2D eigenvalue weighted by Gasteiger charge is -2.47. The Labute approximate surface area is 114 Å². The van der Waals surface area contributed by atoms with E-state index in [1.807, 2.05) is 0 Å². The van der Waals surface area contributed by atoms with Crippen LogP contribution in [0.4, 0.5) is 0 Å². The van der Waals surface area contributed by atoms with Crippen LogP contribution in [0.3, 0.4) is 0 Å². The highest BCUT2D eigenvalue weighted by Crippen LogP contribution is 2.41. The minimum absolute atomic E-state index is 0.522. The van der Waals surface area contributed by atoms with E-state index in [4.69, 9.17) is 0 Å². The van der Waals surface area contributed by atoms with Gasteiger partial charge in [0.15, 0.2) is 0 Å². The normalized spacial score (nSPS) is 33.7. The summed E-state index contributed by atoms with van der Waals surface area (Å²) in [5.41, 5.74) is 0.522. The molecule has 0 aromatic heterocycles. The van der Waals surface area contributed by atoms with Gasteiger partial charge in [-0.2, -0.15) is 0 Å². The molecule has 3 atom stereocenters. The fourth-order valence-corrected chi connectivity index (χ4v) is 3.69. The largest absolute Gasteiger partial charge is 0.313 e. The summed E-state index contributed by atoms with van der Waals surface area (Å²) in [6.45, 7) is 10.7. The van der Waals surface area contributed by atoms with Crippen LogP contribution in [0.2, 0.25) is 0 Å². The summed E-state index contributed by atoms with van der Waals surface area (Å²) in [7, 11) is 2.36. The molecule has 2 heteroatoms. The first-order chi connectivity index (χ1) is 8.44. The van der Waals surface area contributed by atoms with Crippen molar-refractivity contribution in [2.75, 3.05) is 13.6 Å². The summed E-state index contributed by atoms with van der Waals surface area (Å²) >= 11 is 0. The molecule has 3 unspecified atom stereocenters. The topological polar surface area (TPSA) is 15.3 Å². The number of nitrogens with zero attached hydrogens (tertiary/aromatic N) is 1. The Bertz CT molecular complexity index is 270. The fraction of sp³-hybridized carbons (Fsp3) is 1.00. The smallest absolute Gasteiger partial charge is 0.0254 e. The number of rotatable bonds is 5. The van der Waals surface area contributed by atoms with E-state index in [0.29, 0.717) is 11.5 Å². The van der Waals surface area contributed by atoms with Crippen molar-refractivity contribution in [1.29, 1.82) is 0 Å². The lowest BCUT2D eigenvalue weighted by Crippen LogP contribution is -2.56. The van der Waals surface area contributed by atoms with Gasteiger partial charge < -0.3 is 5.32 Å². The molecule has 0 saturated heterocycles. The molecular weight excluding hydrogens is 220 g/mol. The molecule has 2 aliphatic carbocycles. The SMILES string of the molecule is CCNC1CCC(C)(C)CC1N(C)C(C)C1CC1. The third-order valence-corrected chi connectivity index (χ3v) is 5.29. The van der Waals surface area contributed by atoms with Crippen molar-refractivity contribution in [2.24, 2.45) is 11.3 Å². The standard InChI is InChI=1S/C16H32N2/c1-6-17-14-9-10-16(3,4)11-15(14)18(5)12(2)13-7-8-13/h12-15,17H,6-11H2,1-5H3. The summed E-state index contributed by atoms with van der Waals surface area (Å²) in [4.78, 5) is 2.69. The van der Waals surface area contributed by atoms with E-state index in [1.165, 1.54) is 32.1 Å². The minimum Gasteiger partial charge on any atom is -0.313 e. The molecule has 0 aromatic carbocycles. The average Bonchev–Trinajstić information content (AvgIpc) is 3.13. The average molecular weight is 252 g/mol. The summed E-state index contributed by atoms with van der Waals surface area (Å²) in [5, 5.41) is 3.73. The Hall–Kier alpha value is -0.0800. The molecule has 1 N–H and O–H groups in total. The van der Waals surface area contributed by atoms with Gasteiger partial charge in [0.2, 0.25) is 0 Å². The van der Waals surface area contributed by atoms with Crippen LogP contribution in [0, 0.1) is 11.3 Å². The highest BCUT2D eigenvalue weighted by molar-refractivity contribution is 4.97. The third kappa shape index (κ3) is 3.27. The van der Waals surface area contributed by atoms with Gasteiger partial charge in [-0.05, 0) is 64.0 Å². The van der Waals surface area contributed by atoms with Crippen molar-refractivity contribution in [1.82, 2.24) is 10.2 Å². The summed E-state index contributed by atoms with van der Waals surface area (Å²) in [6.07, 6.45) is 6.96. The predicted molar refractivity (Wildman–Crippen MR) is 78.8 cm³/mol. The molecule has 106 valence electrons. The second kappa shape index (κ2) is 5.50. The molecule has 2 rings (SSSR count). The van der Waals surface area contributed by atoms with Gasteiger partial charge in [0.25, 0.3) is 0 Å².